The molecule has 2 atom stereocenters. The number of hydrogen-bond acceptors (Lipinski definition) is 6. The van der Waals surface area contributed by atoms with Crippen LogP contribution in [0.15, 0.2) is 65.6 Å². The Bertz CT molecular complexity index is 1590. The molecule has 4 rings (SSSR count). The van der Waals surface area contributed by atoms with Crippen LogP contribution in [-0.2, 0) is 26.2 Å². The van der Waals surface area contributed by atoms with Gasteiger partial charge in [-0.05, 0) is 68.3 Å². The summed E-state index contributed by atoms with van der Waals surface area (Å²) in [6.07, 6.45) is 0.889. The summed E-state index contributed by atoms with van der Waals surface area (Å²) >= 11 is 12.9. The molecule has 9 nitrogen and oxygen atoms in total. The number of nitrogens with one attached hydrogen (secondary N) is 1. The SMILES string of the molecule is CCC(C)NC(=O)C(CC)N(Cc1c(Cl)cccc1Cl)C(=O)CN(c1ccc(F)cc1)S(=O)(=O)c1ccc2c(c1)OCCO2. The van der Waals surface area contributed by atoms with Crippen molar-refractivity contribution in [2.45, 2.75) is 57.1 Å². The molecule has 13 heteroatoms. The highest BCUT2D eigenvalue weighted by atomic mass is 35.5. The minimum Gasteiger partial charge on any atom is -0.486 e. The van der Waals surface area contributed by atoms with Gasteiger partial charge >= 0.3 is 0 Å². The molecule has 0 saturated heterocycles. The summed E-state index contributed by atoms with van der Waals surface area (Å²) < 4.78 is 54.1. The molecule has 1 aliphatic heterocycles. The lowest BCUT2D eigenvalue weighted by Crippen LogP contribution is -2.53. The van der Waals surface area contributed by atoms with Crippen molar-refractivity contribution in [1.29, 1.82) is 0 Å². The number of ether oxygens (including phenoxy) is 2. The predicted octanol–water partition coefficient (Wildman–Crippen LogP) is 5.82. The Kier molecular flexibility index (Phi) is 11.0. The molecule has 3 aromatic carbocycles. The first-order valence-electron chi connectivity index (χ1n) is 14.2. The van der Waals surface area contributed by atoms with Crippen LogP contribution in [0.3, 0.4) is 0 Å². The van der Waals surface area contributed by atoms with Crippen molar-refractivity contribution in [2.24, 2.45) is 0 Å². The molecule has 1 aliphatic rings. The second-order valence-corrected chi connectivity index (χ2v) is 12.9. The third-order valence-electron chi connectivity index (χ3n) is 7.27. The predicted molar refractivity (Wildman–Crippen MR) is 167 cm³/mol. The van der Waals surface area contributed by atoms with Gasteiger partial charge in [0.25, 0.3) is 10.0 Å². The Morgan fingerprint density at radius 2 is 1.59 bits per heavy atom. The van der Waals surface area contributed by atoms with Crippen LogP contribution >= 0.6 is 23.2 Å². The molecule has 0 radical (unpaired) electrons. The van der Waals surface area contributed by atoms with Crippen molar-refractivity contribution in [3.8, 4) is 11.5 Å². The zero-order valence-corrected chi connectivity index (χ0v) is 26.9. The van der Waals surface area contributed by atoms with E-state index < -0.39 is 40.2 Å². The summed E-state index contributed by atoms with van der Waals surface area (Å²) in [6, 6.07) is 12.6. The lowest BCUT2D eigenvalue weighted by molar-refractivity contribution is -0.140. The van der Waals surface area contributed by atoms with E-state index in [-0.39, 0.29) is 52.0 Å². The number of carbonyl (C=O) groups is 2. The van der Waals surface area contributed by atoms with Crippen molar-refractivity contribution in [1.82, 2.24) is 10.2 Å². The fraction of sp³-hybridized carbons (Fsp3) is 0.355. The second-order valence-electron chi connectivity index (χ2n) is 10.3. The van der Waals surface area contributed by atoms with Crippen LogP contribution in [0.4, 0.5) is 10.1 Å². The molecule has 0 spiro atoms. The van der Waals surface area contributed by atoms with E-state index in [9.17, 15) is 22.4 Å². The van der Waals surface area contributed by atoms with Crippen LogP contribution < -0.4 is 19.1 Å². The summed E-state index contributed by atoms with van der Waals surface area (Å²) in [7, 11) is -4.42. The van der Waals surface area contributed by atoms with Gasteiger partial charge in [-0.15, -0.1) is 0 Å². The maximum absolute atomic E-state index is 14.2. The molecule has 236 valence electrons. The van der Waals surface area contributed by atoms with Gasteiger partial charge in [0.15, 0.2) is 11.5 Å². The minimum atomic E-state index is -4.42. The Labute approximate surface area is 266 Å². The number of halogens is 3. The third-order valence-corrected chi connectivity index (χ3v) is 9.75. The van der Waals surface area contributed by atoms with E-state index in [4.69, 9.17) is 32.7 Å². The van der Waals surface area contributed by atoms with Gasteiger partial charge < -0.3 is 19.7 Å². The van der Waals surface area contributed by atoms with Crippen molar-refractivity contribution in [2.75, 3.05) is 24.1 Å². The van der Waals surface area contributed by atoms with Crippen LogP contribution in [-0.4, -0.2) is 57.0 Å². The number of anilines is 1. The van der Waals surface area contributed by atoms with Gasteiger partial charge in [-0.1, -0.05) is 43.1 Å². The molecule has 0 bridgehead atoms. The number of fused-ring (bicyclic) bond motifs is 1. The van der Waals surface area contributed by atoms with Gasteiger partial charge in [-0.2, -0.15) is 0 Å². The maximum atomic E-state index is 14.2. The monoisotopic (exact) mass is 665 g/mol. The molecule has 1 heterocycles. The number of benzene rings is 3. The van der Waals surface area contributed by atoms with E-state index in [1.165, 1.54) is 35.2 Å². The van der Waals surface area contributed by atoms with Crippen molar-refractivity contribution < 1.29 is 31.9 Å². The van der Waals surface area contributed by atoms with Gasteiger partial charge in [0.05, 0.1) is 10.6 Å². The van der Waals surface area contributed by atoms with Crippen molar-refractivity contribution >= 4 is 50.7 Å². The number of amides is 2. The average molecular weight is 667 g/mol. The quantitative estimate of drug-likeness (QED) is 0.261. The van der Waals surface area contributed by atoms with Crippen LogP contribution in [0.25, 0.3) is 0 Å². The molecule has 0 saturated carbocycles. The van der Waals surface area contributed by atoms with Crippen LogP contribution in [0.2, 0.25) is 10.0 Å². The minimum absolute atomic E-state index is 0.0440. The Balaban J connectivity index is 1.77. The summed E-state index contributed by atoms with van der Waals surface area (Å²) in [5.41, 5.74) is 0.449. The Morgan fingerprint density at radius 3 is 2.20 bits per heavy atom. The number of sulfonamides is 1. The number of carbonyl (C=O) groups excluding carboxylic acids is 2. The highest BCUT2D eigenvalue weighted by Crippen LogP contribution is 2.35. The normalized spacial score (nSPS) is 14.0. The molecule has 2 amide bonds. The lowest BCUT2D eigenvalue weighted by atomic mass is 10.1. The Hall–Kier alpha value is -3.54. The molecule has 0 fully saturated rings. The first-order chi connectivity index (χ1) is 21.0. The van der Waals surface area contributed by atoms with Crippen molar-refractivity contribution in [3.05, 3.63) is 82.1 Å². The average Bonchev–Trinajstić information content (AvgIpc) is 3.01. The summed E-state index contributed by atoms with van der Waals surface area (Å²) in [6.45, 7) is 5.21. The third kappa shape index (κ3) is 7.57. The van der Waals surface area contributed by atoms with Crippen LogP contribution in [0.5, 0.6) is 11.5 Å². The summed E-state index contributed by atoms with van der Waals surface area (Å²) in [4.78, 5) is 28.8. The molecule has 1 N–H and O–H groups in total. The maximum Gasteiger partial charge on any atom is 0.264 e. The lowest BCUT2D eigenvalue weighted by Gasteiger charge is -2.34. The van der Waals surface area contributed by atoms with Crippen LogP contribution in [0, 0.1) is 5.82 Å². The van der Waals surface area contributed by atoms with E-state index in [1.54, 1.807) is 25.1 Å². The van der Waals surface area contributed by atoms with E-state index in [0.29, 0.717) is 24.3 Å². The smallest absolute Gasteiger partial charge is 0.264 e. The zero-order chi connectivity index (χ0) is 32.0. The Morgan fingerprint density at radius 1 is 0.955 bits per heavy atom. The van der Waals surface area contributed by atoms with Crippen molar-refractivity contribution in [3.63, 3.8) is 0 Å². The number of nitrogens with zero attached hydrogens (tertiary/aromatic N) is 2. The number of rotatable bonds is 12. The van der Waals surface area contributed by atoms with Gasteiger partial charge in [-0.25, -0.2) is 12.8 Å². The molecule has 2 unspecified atom stereocenters. The fourth-order valence-corrected chi connectivity index (χ4v) is 6.61. The van der Waals surface area contributed by atoms with E-state index >= 15 is 0 Å². The van der Waals surface area contributed by atoms with Gasteiger partial charge in [0.2, 0.25) is 11.8 Å². The molecular formula is C31H34Cl2FN3O6S. The highest BCUT2D eigenvalue weighted by molar-refractivity contribution is 7.92. The topological polar surface area (TPSA) is 105 Å². The van der Waals surface area contributed by atoms with E-state index in [0.717, 1.165) is 16.4 Å². The van der Waals surface area contributed by atoms with Gasteiger partial charge in [0, 0.05) is 34.3 Å². The molecule has 0 aromatic heterocycles. The first-order valence-corrected chi connectivity index (χ1v) is 16.4. The first kappa shape index (κ1) is 33.4. The summed E-state index contributed by atoms with van der Waals surface area (Å²) in [5.74, 6) is -1.05. The van der Waals surface area contributed by atoms with Crippen LogP contribution in [0.1, 0.15) is 39.2 Å². The van der Waals surface area contributed by atoms with Gasteiger partial charge in [-0.3, -0.25) is 13.9 Å². The largest absolute Gasteiger partial charge is 0.486 e. The standard InChI is InChI=1S/C31H34Cl2FN3O6S/c1-4-20(3)35-31(39)27(5-2)36(18-24-25(32)7-6-8-26(24)33)30(38)19-37(22-11-9-21(34)10-12-22)44(40,41)23-13-14-28-29(17-23)43-16-15-42-28/h6-14,17,20,27H,4-5,15-16,18-19H2,1-3H3,(H,35,39). The molecule has 0 aliphatic carbocycles. The van der Waals surface area contributed by atoms with Gasteiger partial charge in [0.1, 0.15) is 31.6 Å². The molecule has 3 aromatic rings. The summed E-state index contributed by atoms with van der Waals surface area (Å²) in [5, 5.41) is 3.48. The number of hydrogen-bond donors (Lipinski definition) is 1. The van der Waals surface area contributed by atoms with E-state index in [2.05, 4.69) is 5.32 Å². The zero-order valence-electron chi connectivity index (χ0n) is 24.6. The van der Waals surface area contributed by atoms with E-state index in [1.807, 2.05) is 13.8 Å². The molecule has 44 heavy (non-hydrogen) atoms. The molecular weight excluding hydrogens is 632 g/mol. The second kappa shape index (κ2) is 14.5. The fourth-order valence-electron chi connectivity index (χ4n) is 4.66. The highest BCUT2D eigenvalue weighted by Gasteiger charge is 2.35.